The van der Waals surface area contributed by atoms with Crippen LogP contribution in [0.1, 0.15) is 12.0 Å². The fourth-order valence-electron chi connectivity index (χ4n) is 1.79. The summed E-state index contributed by atoms with van der Waals surface area (Å²) in [5.41, 5.74) is 0.685. The number of hydrogen-bond donors (Lipinski definition) is 1. The highest BCUT2D eigenvalue weighted by atomic mass is 35.5. The van der Waals surface area contributed by atoms with E-state index in [0.29, 0.717) is 11.3 Å². The number of halogens is 2. The maximum atomic E-state index is 11.6. The van der Waals surface area contributed by atoms with Crippen molar-refractivity contribution in [3.05, 3.63) is 27.7 Å². The summed E-state index contributed by atoms with van der Waals surface area (Å²) >= 11 is 12.0. The first kappa shape index (κ1) is 12.2. The molecule has 0 bridgehead atoms. The molecule has 1 aromatic carbocycles. The van der Waals surface area contributed by atoms with E-state index in [-0.39, 0.29) is 28.9 Å². The van der Waals surface area contributed by atoms with Gasteiger partial charge in [-0.2, -0.15) is 5.26 Å². The van der Waals surface area contributed by atoms with Gasteiger partial charge in [0.15, 0.2) is 0 Å². The second kappa shape index (κ2) is 4.53. The lowest BCUT2D eigenvalue weighted by Crippen LogP contribution is -2.25. The van der Waals surface area contributed by atoms with Gasteiger partial charge < -0.3 is 10.0 Å². The van der Waals surface area contributed by atoms with Crippen molar-refractivity contribution in [1.82, 2.24) is 0 Å². The van der Waals surface area contributed by atoms with E-state index in [0.717, 1.165) is 0 Å². The molecule has 1 aliphatic rings. The molecule has 17 heavy (non-hydrogen) atoms. The molecule has 0 aliphatic carbocycles. The lowest BCUT2D eigenvalue weighted by atomic mass is 10.2. The third kappa shape index (κ3) is 2.22. The van der Waals surface area contributed by atoms with Crippen LogP contribution in [0.5, 0.6) is 0 Å². The minimum Gasteiger partial charge on any atom is -0.391 e. The fraction of sp³-hybridized carbons (Fsp3) is 0.273. The van der Waals surface area contributed by atoms with Crippen molar-refractivity contribution in [2.75, 3.05) is 11.4 Å². The van der Waals surface area contributed by atoms with Crippen LogP contribution in [0.25, 0.3) is 0 Å². The lowest BCUT2D eigenvalue weighted by Gasteiger charge is -2.19. The van der Waals surface area contributed by atoms with Gasteiger partial charge in [-0.3, -0.25) is 4.79 Å². The molecule has 88 valence electrons. The maximum Gasteiger partial charge on any atom is 0.229 e. The van der Waals surface area contributed by atoms with Gasteiger partial charge in [0.25, 0.3) is 0 Å². The molecule has 1 saturated heterocycles. The Morgan fingerprint density at radius 2 is 2.00 bits per heavy atom. The molecule has 1 heterocycles. The molecule has 1 N–H and O–H groups in total. The van der Waals surface area contributed by atoms with Gasteiger partial charge in [0, 0.05) is 0 Å². The van der Waals surface area contributed by atoms with Gasteiger partial charge >= 0.3 is 0 Å². The topological polar surface area (TPSA) is 64.3 Å². The summed E-state index contributed by atoms with van der Waals surface area (Å²) in [4.78, 5) is 13.0. The van der Waals surface area contributed by atoms with Crippen LogP contribution in [0.4, 0.5) is 5.69 Å². The molecule has 1 aromatic rings. The number of amides is 1. The monoisotopic (exact) mass is 270 g/mol. The molecule has 2 rings (SSSR count). The van der Waals surface area contributed by atoms with Crippen molar-refractivity contribution in [3.8, 4) is 6.07 Å². The van der Waals surface area contributed by atoms with E-state index in [1.54, 1.807) is 0 Å². The molecule has 1 unspecified atom stereocenters. The summed E-state index contributed by atoms with van der Waals surface area (Å²) in [5, 5.41) is 18.6. The Kier molecular flexibility index (Phi) is 3.25. The minimum absolute atomic E-state index is 0.0622. The number of carbonyl (C=O) groups excluding carboxylic acids is 1. The molecule has 0 radical (unpaired) electrons. The number of β-amino-alcohol motifs (C(OH)–C–C–N with tert-alkyl or cyclic N) is 1. The number of anilines is 1. The Balaban J connectivity index is 2.47. The molecule has 1 amide bonds. The SMILES string of the molecule is N#Cc1cc(Cl)c(N2CC(O)CC2=O)c(Cl)c1. The summed E-state index contributed by atoms with van der Waals surface area (Å²) in [6.07, 6.45) is -0.641. The van der Waals surface area contributed by atoms with Gasteiger partial charge in [-0.15, -0.1) is 0 Å². The molecule has 0 spiro atoms. The molecule has 0 saturated carbocycles. The number of hydrogen-bond acceptors (Lipinski definition) is 3. The Morgan fingerprint density at radius 3 is 2.41 bits per heavy atom. The smallest absolute Gasteiger partial charge is 0.229 e. The summed E-state index contributed by atoms with van der Waals surface area (Å²) in [5.74, 6) is -0.231. The molecule has 1 fully saturated rings. The zero-order chi connectivity index (χ0) is 12.6. The minimum atomic E-state index is -0.703. The van der Waals surface area contributed by atoms with Crippen LogP contribution in [0.15, 0.2) is 12.1 Å². The van der Waals surface area contributed by atoms with E-state index in [1.807, 2.05) is 6.07 Å². The quantitative estimate of drug-likeness (QED) is 0.849. The van der Waals surface area contributed by atoms with Crippen LogP contribution in [-0.2, 0) is 4.79 Å². The van der Waals surface area contributed by atoms with E-state index < -0.39 is 6.10 Å². The second-order valence-corrected chi connectivity index (χ2v) is 4.58. The number of nitriles is 1. The zero-order valence-corrected chi connectivity index (χ0v) is 10.2. The van der Waals surface area contributed by atoms with E-state index >= 15 is 0 Å². The first-order valence-electron chi connectivity index (χ1n) is 4.90. The van der Waals surface area contributed by atoms with E-state index in [2.05, 4.69) is 0 Å². The van der Waals surface area contributed by atoms with Crippen LogP contribution < -0.4 is 4.90 Å². The largest absolute Gasteiger partial charge is 0.391 e. The Hall–Kier alpha value is -1.28. The van der Waals surface area contributed by atoms with Crippen molar-refractivity contribution in [2.45, 2.75) is 12.5 Å². The number of aliphatic hydroxyl groups is 1. The normalized spacial score (nSPS) is 19.5. The van der Waals surface area contributed by atoms with Crippen molar-refractivity contribution < 1.29 is 9.90 Å². The molecular formula is C11H8Cl2N2O2. The van der Waals surface area contributed by atoms with Gasteiger partial charge in [-0.05, 0) is 12.1 Å². The summed E-state index contributed by atoms with van der Waals surface area (Å²) in [6, 6.07) is 4.82. The highest BCUT2D eigenvalue weighted by molar-refractivity contribution is 6.40. The molecule has 0 aromatic heterocycles. The van der Waals surface area contributed by atoms with Gasteiger partial charge in [-0.25, -0.2) is 0 Å². The third-order valence-corrected chi connectivity index (χ3v) is 3.10. The average Bonchev–Trinajstić information content (AvgIpc) is 2.57. The van der Waals surface area contributed by atoms with Gasteiger partial charge in [-0.1, -0.05) is 23.2 Å². The number of carbonyl (C=O) groups is 1. The second-order valence-electron chi connectivity index (χ2n) is 3.76. The Morgan fingerprint density at radius 1 is 1.41 bits per heavy atom. The highest BCUT2D eigenvalue weighted by Gasteiger charge is 2.31. The number of aliphatic hydroxyl groups excluding tert-OH is 1. The zero-order valence-electron chi connectivity index (χ0n) is 8.65. The number of nitrogens with zero attached hydrogens (tertiary/aromatic N) is 2. The van der Waals surface area contributed by atoms with Gasteiger partial charge in [0.2, 0.25) is 5.91 Å². The molecule has 6 heteroatoms. The molecular weight excluding hydrogens is 263 g/mol. The van der Waals surface area contributed by atoms with Crippen molar-refractivity contribution in [2.24, 2.45) is 0 Å². The number of rotatable bonds is 1. The molecule has 1 aliphatic heterocycles. The highest BCUT2D eigenvalue weighted by Crippen LogP contribution is 2.37. The van der Waals surface area contributed by atoms with Crippen molar-refractivity contribution in [3.63, 3.8) is 0 Å². The van der Waals surface area contributed by atoms with Crippen molar-refractivity contribution >= 4 is 34.8 Å². The van der Waals surface area contributed by atoms with E-state index in [1.165, 1.54) is 17.0 Å². The van der Waals surface area contributed by atoms with E-state index in [9.17, 15) is 9.90 Å². The predicted molar refractivity (Wildman–Crippen MR) is 64.2 cm³/mol. The first-order valence-corrected chi connectivity index (χ1v) is 5.66. The summed E-state index contributed by atoms with van der Waals surface area (Å²) < 4.78 is 0. The third-order valence-electron chi connectivity index (χ3n) is 2.52. The number of benzene rings is 1. The van der Waals surface area contributed by atoms with Crippen molar-refractivity contribution in [1.29, 1.82) is 5.26 Å². The Bertz CT molecular complexity index is 502. The van der Waals surface area contributed by atoms with E-state index in [4.69, 9.17) is 28.5 Å². The van der Waals surface area contributed by atoms with Gasteiger partial charge in [0.05, 0.1) is 46.4 Å². The standard InChI is InChI=1S/C11H8Cl2N2O2/c12-8-1-6(4-14)2-9(13)11(8)15-5-7(16)3-10(15)17/h1-2,7,16H,3,5H2. The lowest BCUT2D eigenvalue weighted by molar-refractivity contribution is -0.117. The summed E-state index contributed by atoms with van der Waals surface area (Å²) in [7, 11) is 0. The van der Waals surface area contributed by atoms with Crippen LogP contribution in [-0.4, -0.2) is 23.7 Å². The first-order chi connectivity index (χ1) is 8.02. The molecule has 1 atom stereocenters. The predicted octanol–water partition coefficient (Wildman–Crippen LogP) is 1.96. The van der Waals surface area contributed by atoms with Gasteiger partial charge in [0.1, 0.15) is 0 Å². The maximum absolute atomic E-state index is 11.6. The van der Waals surface area contributed by atoms with Crippen LogP contribution in [0.3, 0.4) is 0 Å². The van der Waals surface area contributed by atoms with Crippen LogP contribution in [0.2, 0.25) is 10.0 Å². The Labute approximate surface area is 108 Å². The fourth-order valence-corrected chi connectivity index (χ4v) is 2.48. The van der Waals surface area contributed by atoms with Crippen LogP contribution in [0, 0.1) is 11.3 Å². The summed E-state index contributed by atoms with van der Waals surface area (Å²) in [6.45, 7) is 0.171. The average molecular weight is 271 g/mol. The van der Waals surface area contributed by atoms with Crippen LogP contribution >= 0.6 is 23.2 Å². The molecule has 4 nitrogen and oxygen atoms in total.